The summed E-state index contributed by atoms with van der Waals surface area (Å²) in [4.78, 5) is 0. The van der Waals surface area contributed by atoms with Gasteiger partial charge in [0.15, 0.2) is 0 Å². The summed E-state index contributed by atoms with van der Waals surface area (Å²) in [5.41, 5.74) is 6.90. The summed E-state index contributed by atoms with van der Waals surface area (Å²) in [6.45, 7) is 1.32. The molecule has 1 unspecified atom stereocenters. The Labute approximate surface area is 99.3 Å². The highest BCUT2D eigenvalue weighted by Crippen LogP contribution is 2.30. The van der Waals surface area contributed by atoms with Crippen molar-refractivity contribution in [3.63, 3.8) is 0 Å². The van der Waals surface area contributed by atoms with Crippen LogP contribution in [0.25, 0.3) is 0 Å². The van der Waals surface area contributed by atoms with Crippen LogP contribution < -0.4 is 5.73 Å². The summed E-state index contributed by atoms with van der Waals surface area (Å²) >= 11 is 12.0. The van der Waals surface area contributed by atoms with Crippen molar-refractivity contribution < 1.29 is 4.74 Å². The molecule has 0 bridgehead atoms. The summed E-state index contributed by atoms with van der Waals surface area (Å²) in [6, 6.07) is 5.63. The fourth-order valence-electron chi connectivity index (χ4n) is 1.83. The third-order valence-corrected chi connectivity index (χ3v) is 3.57. The third-order valence-electron chi connectivity index (χ3n) is 2.71. The molecule has 1 aromatic rings. The molecule has 4 heteroatoms. The fourth-order valence-corrected chi connectivity index (χ4v) is 2.21. The molecular weight excluding hydrogens is 233 g/mol. The second-order valence-corrected chi connectivity index (χ2v) is 4.84. The molecule has 2 nitrogen and oxygen atoms in total. The Balaban J connectivity index is 2.20. The van der Waals surface area contributed by atoms with Crippen LogP contribution in [0.15, 0.2) is 18.2 Å². The number of hydrogen-bond acceptors (Lipinski definition) is 2. The topological polar surface area (TPSA) is 35.2 Å². The standard InChI is InChI=1S/C11H13Cl2NO/c12-9-3-1-2-8(10(9)13)6-11(14)4-5-15-7-11/h1-3H,4-7,14H2. The van der Waals surface area contributed by atoms with E-state index in [1.165, 1.54) is 0 Å². The van der Waals surface area contributed by atoms with Crippen molar-refractivity contribution in [1.82, 2.24) is 0 Å². The Bertz CT molecular complexity index is 362. The van der Waals surface area contributed by atoms with Crippen molar-refractivity contribution in [2.24, 2.45) is 5.73 Å². The van der Waals surface area contributed by atoms with Gasteiger partial charge in [-0.25, -0.2) is 0 Å². The molecule has 1 fully saturated rings. The van der Waals surface area contributed by atoms with Gasteiger partial charge in [-0.05, 0) is 24.5 Å². The maximum absolute atomic E-state index is 6.18. The van der Waals surface area contributed by atoms with E-state index in [4.69, 9.17) is 33.7 Å². The number of hydrogen-bond donors (Lipinski definition) is 1. The van der Waals surface area contributed by atoms with Crippen LogP contribution in [0.3, 0.4) is 0 Å². The van der Waals surface area contributed by atoms with Crippen molar-refractivity contribution in [3.05, 3.63) is 33.8 Å². The first-order valence-corrected chi connectivity index (χ1v) is 5.66. The van der Waals surface area contributed by atoms with Crippen molar-refractivity contribution in [1.29, 1.82) is 0 Å². The second kappa shape index (κ2) is 4.30. The van der Waals surface area contributed by atoms with Gasteiger partial charge in [-0.2, -0.15) is 0 Å². The van der Waals surface area contributed by atoms with Crippen LogP contribution in [-0.2, 0) is 11.2 Å². The predicted octanol–water partition coefficient (Wildman–Crippen LogP) is 2.65. The van der Waals surface area contributed by atoms with Crippen molar-refractivity contribution >= 4 is 23.2 Å². The van der Waals surface area contributed by atoms with Crippen molar-refractivity contribution in [3.8, 4) is 0 Å². The van der Waals surface area contributed by atoms with Crippen LogP contribution in [0.4, 0.5) is 0 Å². The zero-order valence-electron chi connectivity index (χ0n) is 8.30. The maximum Gasteiger partial charge on any atom is 0.0650 e. The largest absolute Gasteiger partial charge is 0.379 e. The van der Waals surface area contributed by atoms with E-state index in [9.17, 15) is 0 Å². The van der Waals surface area contributed by atoms with E-state index in [0.29, 0.717) is 23.1 Å². The van der Waals surface area contributed by atoms with E-state index < -0.39 is 0 Å². The summed E-state index contributed by atoms with van der Waals surface area (Å²) in [6.07, 6.45) is 1.59. The number of rotatable bonds is 2. The lowest BCUT2D eigenvalue weighted by molar-refractivity contribution is 0.178. The molecule has 0 amide bonds. The smallest absolute Gasteiger partial charge is 0.0650 e. The van der Waals surface area contributed by atoms with E-state index in [1.807, 2.05) is 12.1 Å². The molecule has 1 heterocycles. The molecule has 1 atom stereocenters. The highest BCUT2D eigenvalue weighted by Gasteiger charge is 2.31. The van der Waals surface area contributed by atoms with Crippen LogP contribution in [0.5, 0.6) is 0 Å². The molecule has 2 N–H and O–H groups in total. The molecule has 1 saturated heterocycles. The Morgan fingerprint density at radius 3 is 2.87 bits per heavy atom. The van der Waals surface area contributed by atoms with Gasteiger partial charge in [-0.3, -0.25) is 0 Å². The van der Waals surface area contributed by atoms with Crippen LogP contribution in [0.1, 0.15) is 12.0 Å². The Kier molecular flexibility index (Phi) is 3.21. The first-order chi connectivity index (χ1) is 7.11. The van der Waals surface area contributed by atoms with Crippen LogP contribution in [0.2, 0.25) is 10.0 Å². The Morgan fingerprint density at radius 1 is 1.40 bits per heavy atom. The second-order valence-electron chi connectivity index (χ2n) is 4.05. The highest BCUT2D eigenvalue weighted by atomic mass is 35.5. The van der Waals surface area contributed by atoms with E-state index in [1.54, 1.807) is 6.07 Å². The highest BCUT2D eigenvalue weighted by molar-refractivity contribution is 6.42. The lowest BCUT2D eigenvalue weighted by Gasteiger charge is -2.22. The zero-order chi connectivity index (χ0) is 10.9. The molecule has 82 valence electrons. The molecule has 0 saturated carbocycles. The zero-order valence-corrected chi connectivity index (χ0v) is 9.81. The van der Waals surface area contributed by atoms with Crippen LogP contribution >= 0.6 is 23.2 Å². The van der Waals surface area contributed by atoms with Gasteiger partial charge in [0.05, 0.1) is 16.7 Å². The summed E-state index contributed by atoms with van der Waals surface area (Å²) in [5.74, 6) is 0. The molecule has 0 radical (unpaired) electrons. The Morgan fingerprint density at radius 2 is 2.20 bits per heavy atom. The van der Waals surface area contributed by atoms with Gasteiger partial charge >= 0.3 is 0 Å². The molecule has 2 rings (SSSR count). The molecule has 0 spiro atoms. The van der Waals surface area contributed by atoms with Gasteiger partial charge < -0.3 is 10.5 Å². The molecule has 15 heavy (non-hydrogen) atoms. The van der Waals surface area contributed by atoms with E-state index in [0.717, 1.165) is 18.6 Å². The molecule has 1 aliphatic heterocycles. The molecule has 0 aliphatic carbocycles. The molecule has 0 aromatic heterocycles. The Hall–Kier alpha value is -0.280. The number of benzene rings is 1. The van der Waals surface area contributed by atoms with Crippen molar-refractivity contribution in [2.75, 3.05) is 13.2 Å². The lowest BCUT2D eigenvalue weighted by atomic mass is 9.91. The number of nitrogens with two attached hydrogens (primary N) is 1. The minimum absolute atomic E-state index is 0.283. The molecule has 1 aliphatic rings. The van der Waals surface area contributed by atoms with Crippen LogP contribution in [-0.4, -0.2) is 18.8 Å². The van der Waals surface area contributed by atoms with Gasteiger partial charge in [-0.15, -0.1) is 0 Å². The first kappa shape index (κ1) is 11.2. The normalized spacial score (nSPS) is 25.8. The minimum atomic E-state index is -0.283. The van der Waals surface area contributed by atoms with Gasteiger partial charge in [-0.1, -0.05) is 35.3 Å². The van der Waals surface area contributed by atoms with E-state index >= 15 is 0 Å². The summed E-state index contributed by atoms with van der Waals surface area (Å²) in [5, 5.41) is 1.19. The fraction of sp³-hybridized carbons (Fsp3) is 0.455. The summed E-state index contributed by atoms with van der Waals surface area (Å²) in [7, 11) is 0. The van der Waals surface area contributed by atoms with Gasteiger partial charge in [0.1, 0.15) is 0 Å². The quantitative estimate of drug-likeness (QED) is 0.870. The average molecular weight is 246 g/mol. The van der Waals surface area contributed by atoms with Crippen molar-refractivity contribution in [2.45, 2.75) is 18.4 Å². The number of halogens is 2. The van der Waals surface area contributed by atoms with Gasteiger partial charge in [0.25, 0.3) is 0 Å². The van der Waals surface area contributed by atoms with Gasteiger partial charge in [0.2, 0.25) is 0 Å². The van der Waals surface area contributed by atoms with Crippen LogP contribution in [0, 0.1) is 0 Å². The lowest BCUT2D eigenvalue weighted by Crippen LogP contribution is -2.42. The number of ether oxygens (including phenoxy) is 1. The summed E-state index contributed by atoms with van der Waals surface area (Å²) < 4.78 is 5.30. The third kappa shape index (κ3) is 2.45. The monoisotopic (exact) mass is 245 g/mol. The maximum atomic E-state index is 6.18. The SMILES string of the molecule is NC1(Cc2cccc(Cl)c2Cl)CCOC1. The van der Waals surface area contributed by atoms with E-state index in [-0.39, 0.29) is 5.54 Å². The first-order valence-electron chi connectivity index (χ1n) is 4.90. The van der Waals surface area contributed by atoms with Gasteiger partial charge in [0, 0.05) is 12.1 Å². The van der Waals surface area contributed by atoms with E-state index in [2.05, 4.69) is 0 Å². The minimum Gasteiger partial charge on any atom is -0.379 e. The average Bonchev–Trinajstić information content (AvgIpc) is 2.60. The molecule has 1 aromatic carbocycles. The molecular formula is C11H13Cl2NO. The predicted molar refractivity (Wildman–Crippen MR) is 62.5 cm³/mol.